The molecule has 6 nitrogen and oxygen atoms in total. The van der Waals surface area contributed by atoms with Gasteiger partial charge >= 0.3 is 0 Å². The Balaban J connectivity index is 1.21. The molecule has 4 rings (SSSR count). The highest BCUT2D eigenvalue weighted by Crippen LogP contribution is 2.15. The van der Waals surface area contributed by atoms with Gasteiger partial charge in [0.25, 0.3) is 0 Å². The summed E-state index contributed by atoms with van der Waals surface area (Å²) in [5, 5.41) is 10.5. The summed E-state index contributed by atoms with van der Waals surface area (Å²) >= 11 is 0. The fourth-order valence-electron chi connectivity index (χ4n) is 3.40. The van der Waals surface area contributed by atoms with Crippen LogP contribution in [0.4, 0.5) is 0 Å². The molecular weight excluding hydrogens is 362 g/mol. The van der Waals surface area contributed by atoms with Gasteiger partial charge in [0.05, 0.1) is 11.9 Å². The van der Waals surface area contributed by atoms with E-state index in [1.807, 2.05) is 41.2 Å². The van der Waals surface area contributed by atoms with E-state index < -0.39 is 0 Å². The Bertz CT molecular complexity index is 1060. The van der Waals surface area contributed by atoms with Crippen LogP contribution in [0.25, 0.3) is 5.65 Å². The van der Waals surface area contributed by atoms with Crippen LogP contribution in [0.1, 0.15) is 34.5 Å². The Morgan fingerprint density at radius 3 is 2.76 bits per heavy atom. The Labute approximate surface area is 170 Å². The first-order chi connectivity index (χ1) is 14.2. The molecule has 0 radical (unpaired) electrons. The molecule has 6 heteroatoms. The van der Waals surface area contributed by atoms with Crippen LogP contribution in [0.3, 0.4) is 0 Å². The van der Waals surface area contributed by atoms with Crippen LogP contribution >= 0.6 is 0 Å². The molecule has 29 heavy (non-hydrogen) atoms. The standard InChI is InChI=1S/C23H27N5O/c1-17-5-4-12-28-15-21(26-23(17)28)16-29-22-9-7-19(8-10-22)13-24-11-3-6-20-14-25-27-18(20)2/h4-5,7-10,12,14-15,24H,3,6,11,13,16H2,1-2H3,(H,25,27). The normalized spacial score (nSPS) is 11.2. The third-order valence-corrected chi connectivity index (χ3v) is 5.10. The summed E-state index contributed by atoms with van der Waals surface area (Å²) in [6.07, 6.45) is 8.09. The monoisotopic (exact) mass is 389 g/mol. The highest BCUT2D eigenvalue weighted by atomic mass is 16.5. The molecule has 1 aromatic carbocycles. The maximum Gasteiger partial charge on any atom is 0.140 e. The fraction of sp³-hybridized carbons (Fsp3) is 0.304. The van der Waals surface area contributed by atoms with E-state index in [2.05, 4.69) is 52.5 Å². The van der Waals surface area contributed by atoms with E-state index in [1.165, 1.54) is 16.8 Å². The molecule has 0 aliphatic heterocycles. The van der Waals surface area contributed by atoms with Gasteiger partial charge in [0.2, 0.25) is 0 Å². The number of nitrogens with one attached hydrogen (secondary N) is 2. The number of aromatic nitrogens is 4. The van der Waals surface area contributed by atoms with Crippen LogP contribution in [0.15, 0.2) is 55.0 Å². The third-order valence-electron chi connectivity index (χ3n) is 5.10. The Hall–Kier alpha value is -3.12. The number of rotatable bonds is 9. The summed E-state index contributed by atoms with van der Waals surface area (Å²) in [4.78, 5) is 4.65. The number of benzene rings is 1. The molecule has 0 saturated heterocycles. The van der Waals surface area contributed by atoms with Crippen LogP contribution in [0.2, 0.25) is 0 Å². The summed E-state index contributed by atoms with van der Waals surface area (Å²) < 4.78 is 7.95. The maximum atomic E-state index is 5.91. The molecule has 0 saturated carbocycles. The summed E-state index contributed by atoms with van der Waals surface area (Å²) in [5.41, 5.74) is 6.79. The predicted molar refractivity (Wildman–Crippen MR) is 114 cm³/mol. The second kappa shape index (κ2) is 8.92. The summed E-state index contributed by atoms with van der Waals surface area (Å²) in [5.74, 6) is 0.859. The molecule has 0 bridgehead atoms. The lowest BCUT2D eigenvalue weighted by Crippen LogP contribution is -2.15. The van der Waals surface area contributed by atoms with Gasteiger partial charge in [-0.1, -0.05) is 18.2 Å². The van der Waals surface area contributed by atoms with Crippen LogP contribution in [-0.4, -0.2) is 26.1 Å². The predicted octanol–water partition coefficient (Wildman–Crippen LogP) is 3.98. The highest BCUT2D eigenvalue weighted by molar-refractivity contribution is 5.47. The van der Waals surface area contributed by atoms with Crippen molar-refractivity contribution in [2.75, 3.05) is 6.54 Å². The van der Waals surface area contributed by atoms with Gasteiger partial charge in [-0.2, -0.15) is 5.10 Å². The van der Waals surface area contributed by atoms with Gasteiger partial charge in [0.15, 0.2) is 0 Å². The van der Waals surface area contributed by atoms with Crippen molar-refractivity contribution in [2.45, 2.75) is 39.8 Å². The van der Waals surface area contributed by atoms with Crippen LogP contribution in [0, 0.1) is 13.8 Å². The number of ether oxygens (including phenoxy) is 1. The molecule has 0 atom stereocenters. The minimum absolute atomic E-state index is 0.464. The lowest BCUT2D eigenvalue weighted by molar-refractivity contribution is 0.302. The van der Waals surface area contributed by atoms with Crippen molar-refractivity contribution in [2.24, 2.45) is 0 Å². The van der Waals surface area contributed by atoms with E-state index in [0.717, 1.165) is 48.6 Å². The lowest BCUT2D eigenvalue weighted by atomic mass is 10.1. The molecule has 3 heterocycles. The van der Waals surface area contributed by atoms with Crippen molar-refractivity contribution in [1.82, 2.24) is 24.9 Å². The molecule has 0 unspecified atom stereocenters. The van der Waals surface area contributed by atoms with Gasteiger partial charge in [-0.05, 0) is 68.1 Å². The van der Waals surface area contributed by atoms with Gasteiger partial charge in [-0.3, -0.25) is 5.10 Å². The van der Waals surface area contributed by atoms with Gasteiger partial charge in [-0.25, -0.2) is 4.98 Å². The van der Waals surface area contributed by atoms with Gasteiger partial charge in [0, 0.05) is 24.6 Å². The Morgan fingerprint density at radius 1 is 1.14 bits per heavy atom. The number of nitrogens with zero attached hydrogens (tertiary/aromatic N) is 3. The Morgan fingerprint density at radius 2 is 2.00 bits per heavy atom. The van der Waals surface area contributed by atoms with E-state index in [0.29, 0.717) is 6.61 Å². The molecule has 0 fully saturated rings. The third kappa shape index (κ3) is 4.84. The second-order valence-electron chi connectivity index (χ2n) is 7.39. The number of hydrogen-bond acceptors (Lipinski definition) is 4. The minimum Gasteiger partial charge on any atom is -0.487 e. The van der Waals surface area contributed by atoms with Crippen LogP contribution in [0.5, 0.6) is 5.75 Å². The first kappa shape index (κ1) is 19.2. The highest BCUT2D eigenvalue weighted by Gasteiger charge is 2.05. The quantitative estimate of drug-likeness (QED) is 0.425. The molecule has 3 aromatic heterocycles. The van der Waals surface area contributed by atoms with E-state index in [9.17, 15) is 0 Å². The molecule has 0 spiro atoms. The zero-order chi connectivity index (χ0) is 20.1. The van der Waals surface area contributed by atoms with Crippen LogP contribution < -0.4 is 10.1 Å². The van der Waals surface area contributed by atoms with Crippen molar-refractivity contribution in [1.29, 1.82) is 0 Å². The van der Waals surface area contributed by atoms with Crippen LogP contribution in [-0.2, 0) is 19.6 Å². The molecule has 2 N–H and O–H groups in total. The van der Waals surface area contributed by atoms with Gasteiger partial charge < -0.3 is 14.5 Å². The van der Waals surface area contributed by atoms with E-state index in [-0.39, 0.29) is 0 Å². The van der Waals surface area contributed by atoms with Gasteiger partial charge in [-0.15, -0.1) is 0 Å². The zero-order valence-electron chi connectivity index (χ0n) is 17.0. The first-order valence-corrected chi connectivity index (χ1v) is 10.0. The number of aryl methyl sites for hydroxylation is 3. The fourth-order valence-corrected chi connectivity index (χ4v) is 3.40. The number of H-pyrrole nitrogens is 1. The molecule has 0 aliphatic rings. The van der Waals surface area contributed by atoms with E-state index >= 15 is 0 Å². The number of hydrogen-bond donors (Lipinski definition) is 2. The maximum absolute atomic E-state index is 5.91. The van der Waals surface area contributed by atoms with Gasteiger partial charge in [0.1, 0.15) is 18.0 Å². The van der Waals surface area contributed by atoms with Crippen molar-refractivity contribution < 1.29 is 4.74 Å². The number of imidazole rings is 1. The van der Waals surface area contributed by atoms with E-state index in [4.69, 9.17) is 4.74 Å². The average Bonchev–Trinajstić information content (AvgIpc) is 3.34. The average molecular weight is 390 g/mol. The number of aromatic amines is 1. The summed E-state index contributed by atoms with van der Waals surface area (Å²) in [6, 6.07) is 12.4. The van der Waals surface area contributed by atoms with Crippen molar-refractivity contribution >= 4 is 5.65 Å². The summed E-state index contributed by atoms with van der Waals surface area (Å²) in [7, 11) is 0. The smallest absolute Gasteiger partial charge is 0.140 e. The molecule has 0 aliphatic carbocycles. The first-order valence-electron chi connectivity index (χ1n) is 10.0. The van der Waals surface area contributed by atoms with E-state index in [1.54, 1.807) is 0 Å². The van der Waals surface area contributed by atoms with Crippen molar-refractivity contribution in [3.05, 3.63) is 83.1 Å². The molecule has 4 aromatic rings. The number of pyridine rings is 1. The van der Waals surface area contributed by atoms with Crippen molar-refractivity contribution in [3.63, 3.8) is 0 Å². The zero-order valence-corrected chi connectivity index (χ0v) is 17.0. The summed E-state index contributed by atoms with van der Waals surface area (Å²) in [6.45, 7) is 6.44. The number of fused-ring (bicyclic) bond motifs is 1. The SMILES string of the molecule is Cc1[nH]ncc1CCCNCc1ccc(OCc2cn3cccc(C)c3n2)cc1. The largest absolute Gasteiger partial charge is 0.487 e. The lowest BCUT2D eigenvalue weighted by Gasteiger charge is -2.07. The second-order valence-corrected chi connectivity index (χ2v) is 7.39. The molecule has 0 amide bonds. The topological polar surface area (TPSA) is 67.2 Å². The minimum atomic E-state index is 0.464. The molecule has 150 valence electrons. The Kier molecular flexibility index (Phi) is 5.91. The molecular formula is C23H27N5O. The van der Waals surface area contributed by atoms with Crippen molar-refractivity contribution in [3.8, 4) is 5.75 Å².